The number of thiol groups is 1. The molecule has 0 spiro atoms. The van der Waals surface area contributed by atoms with Gasteiger partial charge < -0.3 is 20.3 Å². The molecule has 0 aliphatic heterocycles. The molecular weight excluding hydrogens is 462 g/mol. The highest BCUT2D eigenvalue weighted by Gasteiger charge is 2.36. The Morgan fingerprint density at radius 1 is 1.03 bits per heavy atom. The third-order valence-electron chi connectivity index (χ3n) is 5.44. The molecule has 8 heteroatoms. The molecular formula is C27H45N3O4S. The average molecular weight is 508 g/mol. The minimum absolute atomic E-state index is 0.0235. The minimum atomic E-state index is -0.931. The lowest BCUT2D eigenvalue weighted by Gasteiger charge is -2.35. The van der Waals surface area contributed by atoms with E-state index in [0.29, 0.717) is 6.54 Å². The first-order valence-corrected chi connectivity index (χ1v) is 13.3. The van der Waals surface area contributed by atoms with Gasteiger partial charge in [-0.2, -0.15) is 12.6 Å². The van der Waals surface area contributed by atoms with Crippen LogP contribution in [0.4, 0.5) is 4.79 Å². The largest absolute Gasteiger partial charge is 0.444 e. The molecule has 2 N–H and O–H groups in total. The van der Waals surface area contributed by atoms with Crippen LogP contribution in [-0.2, 0) is 14.3 Å². The van der Waals surface area contributed by atoms with Crippen molar-refractivity contribution in [2.75, 3.05) is 12.3 Å². The Bertz CT molecular complexity index is 833. The van der Waals surface area contributed by atoms with E-state index >= 15 is 0 Å². The van der Waals surface area contributed by atoms with Gasteiger partial charge in [-0.25, -0.2) is 4.79 Å². The molecule has 0 radical (unpaired) electrons. The normalized spacial score (nSPS) is 14.0. The van der Waals surface area contributed by atoms with Gasteiger partial charge in [-0.05, 0) is 59.9 Å². The smallest absolute Gasteiger partial charge is 0.408 e. The van der Waals surface area contributed by atoms with Crippen LogP contribution < -0.4 is 10.6 Å². The van der Waals surface area contributed by atoms with Crippen LogP contribution in [0.3, 0.4) is 0 Å². The fraction of sp³-hybridized carbons (Fsp3) is 0.667. The number of nitrogens with zero attached hydrogens (tertiary/aromatic N) is 1. The van der Waals surface area contributed by atoms with Crippen LogP contribution in [-0.4, -0.2) is 52.8 Å². The van der Waals surface area contributed by atoms with Crippen molar-refractivity contribution < 1.29 is 19.1 Å². The summed E-state index contributed by atoms with van der Waals surface area (Å²) in [7, 11) is 0. The number of nitrogens with one attached hydrogen (secondary N) is 2. The molecule has 0 aromatic heterocycles. The van der Waals surface area contributed by atoms with Crippen LogP contribution in [0.25, 0.3) is 0 Å². The van der Waals surface area contributed by atoms with E-state index in [9.17, 15) is 14.4 Å². The van der Waals surface area contributed by atoms with Gasteiger partial charge in [0.05, 0.1) is 0 Å². The van der Waals surface area contributed by atoms with Crippen LogP contribution >= 0.6 is 12.6 Å². The van der Waals surface area contributed by atoms with Gasteiger partial charge in [0.1, 0.15) is 17.7 Å². The Morgan fingerprint density at radius 2 is 1.63 bits per heavy atom. The Hall–Kier alpha value is -2.22. The molecule has 0 bridgehead atoms. The SMILES string of the molecule is CCCCN(C(=O)C(CS)NC(=O)OC(C)(C)C)C(C(=O)NC(C)CCC)c1cc(C)cc(C)c1. The molecule has 0 fully saturated rings. The molecule has 1 aromatic carbocycles. The second kappa shape index (κ2) is 14.4. The summed E-state index contributed by atoms with van der Waals surface area (Å²) in [4.78, 5) is 41.5. The Kier molecular flexibility index (Phi) is 12.6. The van der Waals surface area contributed by atoms with Crippen LogP contribution in [0.2, 0.25) is 0 Å². The summed E-state index contributed by atoms with van der Waals surface area (Å²) in [6.07, 6.45) is 2.66. The topological polar surface area (TPSA) is 87.7 Å². The number of benzene rings is 1. The van der Waals surface area contributed by atoms with E-state index in [1.807, 2.05) is 45.9 Å². The molecule has 1 aromatic rings. The van der Waals surface area contributed by atoms with Gasteiger partial charge in [0.15, 0.2) is 0 Å². The van der Waals surface area contributed by atoms with Gasteiger partial charge in [-0.3, -0.25) is 9.59 Å². The van der Waals surface area contributed by atoms with Crippen molar-refractivity contribution >= 4 is 30.5 Å². The second-order valence-electron chi connectivity index (χ2n) is 10.3. The summed E-state index contributed by atoms with van der Waals surface area (Å²) in [5.41, 5.74) is 2.08. The van der Waals surface area contributed by atoms with Crippen molar-refractivity contribution in [3.05, 3.63) is 34.9 Å². The van der Waals surface area contributed by atoms with E-state index in [4.69, 9.17) is 4.74 Å². The zero-order valence-corrected chi connectivity index (χ0v) is 23.6. The number of unbranched alkanes of at least 4 members (excludes halogenated alkanes) is 1. The van der Waals surface area contributed by atoms with Crippen LogP contribution in [0.1, 0.15) is 90.0 Å². The molecule has 3 atom stereocenters. The maximum atomic E-state index is 13.8. The van der Waals surface area contributed by atoms with Crippen molar-refractivity contribution in [1.29, 1.82) is 0 Å². The van der Waals surface area contributed by atoms with Gasteiger partial charge in [-0.1, -0.05) is 56.0 Å². The zero-order chi connectivity index (χ0) is 26.8. The molecule has 0 saturated carbocycles. The van der Waals surface area contributed by atoms with E-state index in [-0.39, 0.29) is 23.6 Å². The van der Waals surface area contributed by atoms with E-state index in [1.165, 1.54) is 0 Å². The number of carbonyl (C=O) groups is 3. The lowest BCUT2D eigenvalue weighted by atomic mass is 9.98. The number of hydrogen-bond donors (Lipinski definition) is 3. The fourth-order valence-corrected chi connectivity index (χ4v) is 4.25. The molecule has 7 nitrogen and oxygen atoms in total. The fourth-order valence-electron chi connectivity index (χ4n) is 4.00. The van der Waals surface area contributed by atoms with Crippen molar-refractivity contribution in [2.45, 2.75) is 105 Å². The summed E-state index contributed by atoms with van der Waals surface area (Å²) in [6, 6.07) is 4.16. The number of rotatable bonds is 12. The first kappa shape index (κ1) is 30.8. The highest BCUT2D eigenvalue weighted by Crippen LogP contribution is 2.26. The molecule has 1 rings (SSSR count). The van der Waals surface area contributed by atoms with Crippen LogP contribution in [0, 0.1) is 13.8 Å². The van der Waals surface area contributed by atoms with Crippen molar-refractivity contribution in [3.8, 4) is 0 Å². The first-order valence-electron chi connectivity index (χ1n) is 12.6. The number of alkyl carbamates (subject to hydrolysis) is 1. The van der Waals surface area contributed by atoms with E-state index in [0.717, 1.165) is 42.4 Å². The Labute approximate surface area is 217 Å². The van der Waals surface area contributed by atoms with Crippen molar-refractivity contribution in [1.82, 2.24) is 15.5 Å². The Morgan fingerprint density at radius 3 is 2.11 bits per heavy atom. The quantitative estimate of drug-likeness (QED) is 0.344. The van der Waals surface area contributed by atoms with Crippen molar-refractivity contribution in [2.24, 2.45) is 0 Å². The summed E-state index contributed by atoms with van der Waals surface area (Å²) in [5, 5.41) is 5.74. The number of amides is 3. The lowest BCUT2D eigenvalue weighted by Crippen LogP contribution is -2.54. The molecule has 3 unspecified atom stereocenters. The second-order valence-corrected chi connectivity index (χ2v) is 10.7. The third-order valence-corrected chi connectivity index (χ3v) is 5.80. The zero-order valence-electron chi connectivity index (χ0n) is 22.7. The Balaban J connectivity index is 3.43. The molecule has 0 heterocycles. The molecule has 3 amide bonds. The summed E-state index contributed by atoms with van der Waals surface area (Å²) in [6.45, 7) is 15.7. The molecule has 0 aliphatic rings. The van der Waals surface area contributed by atoms with E-state index in [1.54, 1.807) is 25.7 Å². The van der Waals surface area contributed by atoms with E-state index < -0.39 is 23.8 Å². The summed E-state index contributed by atoms with van der Waals surface area (Å²) < 4.78 is 5.35. The van der Waals surface area contributed by atoms with Crippen LogP contribution in [0.5, 0.6) is 0 Å². The van der Waals surface area contributed by atoms with E-state index in [2.05, 4.69) is 30.2 Å². The summed E-state index contributed by atoms with van der Waals surface area (Å²) in [5.74, 6) is -0.508. The molecule has 198 valence electrons. The lowest BCUT2D eigenvalue weighted by molar-refractivity contribution is -0.142. The summed E-state index contributed by atoms with van der Waals surface area (Å²) >= 11 is 4.33. The highest BCUT2D eigenvalue weighted by atomic mass is 32.1. The van der Waals surface area contributed by atoms with Gasteiger partial charge in [-0.15, -0.1) is 0 Å². The predicted molar refractivity (Wildman–Crippen MR) is 145 cm³/mol. The predicted octanol–water partition coefficient (Wildman–Crippen LogP) is 5.10. The molecule has 0 saturated heterocycles. The third kappa shape index (κ3) is 10.5. The van der Waals surface area contributed by atoms with Gasteiger partial charge >= 0.3 is 6.09 Å². The highest BCUT2D eigenvalue weighted by molar-refractivity contribution is 7.80. The number of aryl methyl sites for hydroxylation is 2. The van der Waals surface area contributed by atoms with Gasteiger partial charge in [0, 0.05) is 18.3 Å². The monoisotopic (exact) mass is 507 g/mol. The van der Waals surface area contributed by atoms with Gasteiger partial charge in [0.25, 0.3) is 0 Å². The molecule has 35 heavy (non-hydrogen) atoms. The van der Waals surface area contributed by atoms with Crippen LogP contribution in [0.15, 0.2) is 18.2 Å². The minimum Gasteiger partial charge on any atom is -0.444 e. The maximum absolute atomic E-state index is 13.8. The first-order chi connectivity index (χ1) is 16.3. The number of carbonyl (C=O) groups excluding carboxylic acids is 3. The number of hydrogen-bond acceptors (Lipinski definition) is 5. The number of ether oxygens (including phenoxy) is 1. The average Bonchev–Trinajstić information content (AvgIpc) is 2.72. The molecule has 0 aliphatic carbocycles. The van der Waals surface area contributed by atoms with Crippen molar-refractivity contribution in [3.63, 3.8) is 0 Å². The van der Waals surface area contributed by atoms with Gasteiger partial charge in [0.2, 0.25) is 11.8 Å². The maximum Gasteiger partial charge on any atom is 0.408 e. The standard InChI is InChI=1S/C27H45N3O4S/c1-9-11-13-30(25(32)22(17-35)29-26(33)34-27(6,7)8)23(24(31)28-20(5)12-10-2)21-15-18(3)14-19(4)16-21/h14-16,20,22-23,35H,9-13,17H2,1-8H3,(H,28,31)(H,29,33).